The summed E-state index contributed by atoms with van der Waals surface area (Å²) in [5.74, 6) is 0.208. The lowest BCUT2D eigenvalue weighted by molar-refractivity contribution is 0.102. The van der Waals surface area contributed by atoms with Gasteiger partial charge in [-0.1, -0.05) is 34.1 Å². The molecule has 4 rings (SSSR count). The van der Waals surface area contributed by atoms with E-state index in [0.29, 0.717) is 17.9 Å². The topological polar surface area (TPSA) is 44.8 Å². The Hall–Kier alpha value is -2.90. The van der Waals surface area contributed by atoms with Crippen molar-refractivity contribution < 1.29 is 13.9 Å². The smallest absolute Gasteiger partial charge is 0.259 e. The first-order valence-corrected chi connectivity index (χ1v) is 11.7. The number of carbonyl (C=O) groups excluding carboxylic acids is 1. The number of hydrogen-bond acceptors (Lipinski definition) is 4. The van der Waals surface area contributed by atoms with E-state index in [1.165, 1.54) is 6.07 Å². The number of nitrogens with one attached hydrogen (secondary N) is 1. The molecule has 1 heterocycles. The minimum Gasteiger partial charge on any atom is -0.496 e. The van der Waals surface area contributed by atoms with Crippen molar-refractivity contribution >= 4 is 33.2 Å². The van der Waals surface area contributed by atoms with Crippen LogP contribution in [0, 0.1) is 12.7 Å². The standard InChI is InChI=1S/C26H27BrFN3O2/c1-18-15-20(27)16-23(25(18)33-2)26(32)29-21-7-9-22(10-8-21)31-13-11-30(12-14-31)17-19-5-3-4-6-24(19)28/h3-10,15-16H,11-14,17H2,1-2H3,(H,29,32). The number of piperazine rings is 1. The predicted octanol–water partition coefficient (Wildman–Crippen LogP) is 5.48. The molecule has 0 aliphatic carbocycles. The number of halogens is 2. The second-order valence-corrected chi connectivity index (χ2v) is 9.07. The molecule has 0 aromatic heterocycles. The summed E-state index contributed by atoms with van der Waals surface area (Å²) in [6.07, 6.45) is 0. The molecule has 1 N–H and O–H groups in total. The maximum atomic E-state index is 13.9. The van der Waals surface area contributed by atoms with Gasteiger partial charge in [0.05, 0.1) is 12.7 Å². The highest BCUT2D eigenvalue weighted by atomic mass is 79.9. The molecule has 0 saturated carbocycles. The van der Waals surface area contributed by atoms with Gasteiger partial charge in [0.2, 0.25) is 0 Å². The molecule has 0 bridgehead atoms. The molecule has 172 valence electrons. The van der Waals surface area contributed by atoms with E-state index in [4.69, 9.17) is 4.74 Å². The van der Waals surface area contributed by atoms with Gasteiger partial charge in [-0.25, -0.2) is 4.39 Å². The highest BCUT2D eigenvalue weighted by Crippen LogP contribution is 2.29. The van der Waals surface area contributed by atoms with E-state index in [9.17, 15) is 9.18 Å². The van der Waals surface area contributed by atoms with E-state index in [1.807, 2.05) is 49.4 Å². The van der Waals surface area contributed by atoms with Crippen molar-refractivity contribution in [3.8, 4) is 5.75 Å². The zero-order valence-electron chi connectivity index (χ0n) is 18.8. The van der Waals surface area contributed by atoms with Gasteiger partial charge < -0.3 is 15.0 Å². The Morgan fingerprint density at radius 2 is 1.76 bits per heavy atom. The fourth-order valence-electron chi connectivity index (χ4n) is 4.16. The Labute approximate surface area is 202 Å². The monoisotopic (exact) mass is 511 g/mol. The number of aryl methyl sites for hydroxylation is 1. The van der Waals surface area contributed by atoms with Crippen LogP contribution < -0.4 is 15.0 Å². The van der Waals surface area contributed by atoms with Gasteiger partial charge in [-0.2, -0.15) is 0 Å². The van der Waals surface area contributed by atoms with Crippen molar-refractivity contribution in [2.75, 3.05) is 43.5 Å². The lowest BCUT2D eigenvalue weighted by Gasteiger charge is -2.36. The summed E-state index contributed by atoms with van der Waals surface area (Å²) in [7, 11) is 1.57. The van der Waals surface area contributed by atoms with Gasteiger partial charge in [0.1, 0.15) is 11.6 Å². The Morgan fingerprint density at radius 1 is 1.06 bits per heavy atom. The van der Waals surface area contributed by atoms with Gasteiger partial charge in [0.15, 0.2) is 0 Å². The Kier molecular flexibility index (Phi) is 7.30. The van der Waals surface area contributed by atoms with E-state index in [-0.39, 0.29) is 11.7 Å². The third-order valence-electron chi connectivity index (χ3n) is 5.90. The molecule has 3 aromatic carbocycles. The number of amides is 1. The van der Waals surface area contributed by atoms with Crippen molar-refractivity contribution in [1.82, 2.24) is 4.90 Å². The number of benzene rings is 3. The molecular formula is C26H27BrFN3O2. The molecule has 0 radical (unpaired) electrons. The van der Waals surface area contributed by atoms with Crippen molar-refractivity contribution in [1.29, 1.82) is 0 Å². The van der Waals surface area contributed by atoms with Crippen LogP contribution in [0.15, 0.2) is 65.1 Å². The van der Waals surface area contributed by atoms with Crippen LogP contribution in [-0.4, -0.2) is 44.1 Å². The quantitative estimate of drug-likeness (QED) is 0.475. The second-order valence-electron chi connectivity index (χ2n) is 8.16. The van der Waals surface area contributed by atoms with Gasteiger partial charge in [-0.15, -0.1) is 0 Å². The van der Waals surface area contributed by atoms with Crippen LogP contribution in [-0.2, 0) is 6.54 Å². The molecule has 7 heteroatoms. The van der Waals surface area contributed by atoms with Gasteiger partial charge in [-0.05, 0) is 55.0 Å². The fourth-order valence-corrected chi connectivity index (χ4v) is 4.73. The highest BCUT2D eigenvalue weighted by molar-refractivity contribution is 9.10. The van der Waals surface area contributed by atoms with Gasteiger partial charge in [0, 0.05) is 54.1 Å². The average molecular weight is 512 g/mol. The lowest BCUT2D eigenvalue weighted by atomic mass is 10.1. The SMILES string of the molecule is COc1c(C)cc(Br)cc1C(=O)Nc1ccc(N2CCN(Cc3ccccc3F)CC2)cc1. The normalized spacial score (nSPS) is 14.2. The van der Waals surface area contributed by atoms with Gasteiger partial charge in [-0.3, -0.25) is 9.69 Å². The van der Waals surface area contributed by atoms with Gasteiger partial charge >= 0.3 is 0 Å². The molecule has 1 fully saturated rings. The summed E-state index contributed by atoms with van der Waals surface area (Å²) >= 11 is 3.45. The van der Waals surface area contributed by atoms with Crippen LogP contribution >= 0.6 is 15.9 Å². The zero-order chi connectivity index (χ0) is 23.4. The van der Waals surface area contributed by atoms with Crippen LogP contribution in [0.4, 0.5) is 15.8 Å². The van der Waals surface area contributed by atoms with Crippen LogP contribution in [0.5, 0.6) is 5.75 Å². The number of rotatable bonds is 6. The Morgan fingerprint density at radius 3 is 2.42 bits per heavy atom. The summed E-state index contributed by atoms with van der Waals surface area (Å²) in [6, 6.07) is 18.5. The molecule has 33 heavy (non-hydrogen) atoms. The first-order valence-electron chi connectivity index (χ1n) is 10.9. The van der Waals surface area contributed by atoms with Crippen LogP contribution in [0.3, 0.4) is 0 Å². The van der Waals surface area contributed by atoms with E-state index in [1.54, 1.807) is 19.2 Å². The molecule has 1 amide bonds. The number of anilines is 2. The summed E-state index contributed by atoms with van der Waals surface area (Å²) in [5.41, 5.74) is 3.94. The van der Waals surface area contributed by atoms with Crippen LogP contribution in [0.25, 0.3) is 0 Å². The van der Waals surface area contributed by atoms with Crippen molar-refractivity contribution in [3.63, 3.8) is 0 Å². The molecule has 1 aliphatic rings. The minimum absolute atomic E-state index is 0.145. The van der Waals surface area contributed by atoms with E-state index in [2.05, 4.69) is 31.0 Å². The second kappa shape index (κ2) is 10.4. The Balaban J connectivity index is 1.36. The lowest BCUT2D eigenvalue weighted by Crippen LogP contribution is -2.46. The summed E-state index contributed by atoms with van der Waals surface area (Å²) in [5, 5.41) is 2.96. The summed E-state index contributed by atoms with van der Waals surface area (Å²) in [6.45, 7) is 6.02. The van der Waals surface area contributed by atoms with Crippen molar-refractivity contribution in [2.45, 2.75) is 13.5 Å². The van der Waals surface area contributed by atoms with Crippen molar-refractivity contribution in [3.05, 3.63) is 87.6 Å². The molecule has 0 atom stereocenters. The third-order valence-corrected chi connectivity index (χ3v) is 6.36. The maximum Gasteiger partial charge on any atom is 0.259 e. The van der Waals surface area contributed by atoms with Crippen LogP contribution in [0.1, 0.15) is 21.5 Å². The average Bonchev–Trinajstić information content (AvgIpc) is 2.81. The predicted molar refractivity (Wildman–Crippen MR) is 134 cm³/mol. The molecule has 1 saturated heterocycles. The fraction of sp³-hybridized carbons (Fsp3) is 0.269. The first kappa shape index (κ1) is 23.3. The Bertz CT molecular complexity index is 1130. The van der Waals surface area contributed by atoms with Crippen molar-refractivity contribution in [2.24, 2.45) is 0 Å². The molecule has 5 nitrogen and oxygen atoms in total. The minimum atomic E-state index is -0.217. The molecule has 0 unspecified atom stereocenters. The number of ether oxygens (including phenoxy) is 1. The summed E-state index contributed by atoms with van der Waals surface area (Å²) < 4.78 is 20.2. The number of carbonyl (C=O) groups is 1. The third kappa shape index (κ3) is 5.54. The van der Waals surface area contributed by atoms with E-state index >= 15 is 0 Å². The largest absolute Gasteiger partial charge is 0.496 e. The highest BCUT2D eigenvalue weighted by Gasteiger charge is 2.19. The zero-order valence-corrected chi connectivity index (χ0v) is 20.4. The van der Waals surface area contributed by atoms with E-state index in [0.717, 1.165) is 53.2 Å². The summed E-state index contributed by atoms with van der Waals surface area (Å²) in [4.78, 5) is 17.4. The number of nitrogens with zero attached hydrogens (tertiary/aromatic N) is 2. The van der Waals surface area contributed by atoms with Gasteiger partial charge in [0.25, 0.3) is 5.91 Å². The van der Waals surface area contributed by atoms with Crippen LogP contribution in [0.2, 0.25) is 0 Å². The number of methoxy groups -OCH3 is 1. The molecule has 1 aliphatic heterocycles. The molecular weight excluding hydrogens is 485 g/mol. The first-order chi connectivity index (χ1) is 15.9. The molecule has 3 aromatic rings. The number of hydrogen-bond donors (Lipinski definition) is 1. The maximum absolute atomic E-state index is 13.9. The van der Waals surface area contributed by atoms with E-state index < -0.39 is 0 Å². The molecule has 0 spiro atoms.